The van der Waals surface area contributed by atoms with Crippen molar-refractivity contribution in [1.82, 2.24) is 0 Å². The lowest BCUT2D eigenvalue weighted by molar-refractivity contribution is 0.130. The molecule has 1 aliphatic carbocycles. The second kappa shape index (κ2) is 14.2. The minimum atomic E-state index is -4.33. The third kappa shape index (κ3) is 10.3. The first-order chi connectivity index (χ1) is 15.0. The predicted octanol–water partition coefficient (Wildman–Crippen LogP) is 6.97. The molecule has 1 aromatic rings. The summed E-state index contributed by atoms with van der Waals surface area (Å²) >= 11 is 0. The predicted molar refractivity (Wildman–Crippen MR) is 127 cm³/mol. The van der Waals surface area contributed by atoms with Gasteiger partial charge in [0.2, 0.25) is 0 Å². The van der Waals surface area contributed by atoms with Crippen molar-refractivity contribution >= 4 is 15.8 Å². The minimum Gasteiger partial charge on any atom is -0.391 e. The van der Waals surface area contributed by atoms with Gasteiger partial charge in [-0.1, -0.05) is 112 Å². The second-order valence-electron chi connectivity index (χ2n) is 8.24. The normalized spacial score (nSPS) is 15.6. The van der Waals surface area contributed by atoms with Crippen LogP contribution in [0.2, 0.25) is 0 Å². The van der Waals surface area contributed by atoms with Crippen molar-refractivity contribution in [2.45, 2.75) is 90.6 Å². The van der Waals surface area contributed by atoms with Crippen LogP contribution in [-0.2, 0) is 21.6 Å². The zero-order chi connectivity index (χ0) is 22.4. The van der Waals surface area contributed by atoms with Crippen LogP contribution >= 0.6 is 0 Å². The maximum absolute atomic E-state index is 11.7. The lowest BCUT2D eigenvalue weighted by atomic mass is 9.97. The molecule has 0 spiro atoms. The smallest absolute Gasteiger partial charge is 0.296 e. The largest absolute Gasteiger partial charge is 0.391 e. The molecule has 0 radical (unpaired) electrons. The standard InChI is InChI=1S/C25H37NO4S/c1-2-3-4-5-6-7-8-9-10-12-15-22-18-19-25(31(27,28)29)24(20-22)26-30-21-23-16-13-11-14-17-23/h11,13-14,16-19H,2-10,12,15,20-21H2,1H3,(H,27,28,29). The molecule has 1 aliphatic rings. The highest BCUT2D eigenvalue weighted by Gasteiger charge is 2.24. The van der Waals surface area contributed by atoms with Crippen LogP contribution in [0.3, 0.4) is 0 Å². The van der Waals surface area contributed by atoms with Gasteiger partial charge < -0.3 is 4.84 Å². The molecule has 0 aromatic heterocycles. The molecule has 0 bridgehead atoms. The SMILES string of the molecule is CCCCCCCCCCCCC1=CC=C(S(=O)(=O)O)C(=NOCc2ccccc2)C1. The fourth-order valence-electron chi connectivity index (χ4n) is 3.73. The first-order valence-electron chi connectivity index (χ1n) is 11.6. The summed E-state index contributed by atoms with van der Waals surface area (Å²) in [5, 5.41) is 4.04. The van der Waals surface area contributed by atoms with Gasteiger partial charge >= 0.3 is 0 Å². The summed E-state index contributed by atoms with van der Waals surface area (Å²) < 4.78 is 32.9. The van der Waals surface area contributed by atoms with Gasteiger partial charge in [-0.25, -0.2) is 0 Å². The van der Waals surface area contributed by atoms with Gasteiger partial charge in [0.25, 0.3) is 10.1 Å². The summed E-state index contributed by atoms with van der Waals surface area (Å²) in [5.74, 6) is 0. The van der Waals surface area contributed by atoms with E-state index in [0.29, 0.717) is 6.42 Å². The summed E-state index contributed by atoms with van der Waals surface area (Å²) in [6.07, 6.45) is 17.4. The molecule has 6 heteroatoms. The summed E-state index contributed by atoms with van der Waals surface area (Å²) in [6.45, 7) is 2.49. The Morgan fingerprint density at radius 1 is 0.903 bits per heavy atom. The van der Waals surface area contributed by atoms with Crippen molar-refractivity contribution in [2.24, 2.45) is 5.16 Å². The average molecular weight is 448 g/mol. The molecule has 0 saturated heterocycles. The molecule has 0 aliphatic heterocycles. The molecular formula is C25H37NO4S. The van der Waals surface area contributed by atoms with E-state index in [9.17, 15) is 13.0 Å². The summed E-state index contributed by atoms with van der Waals surface area (Å²) in [5.41, 5.74) is 2.33. The van der Waals surface area contributed by atoms with Crippen LogP contribution < -0.4 is 0 Å². The number of rotatable bonds is 15. The van der Waals surface area contributed by atoms with E-state index in [2.05, 4.69) is 12.1 Å². The zero-order valence-electron chi connectivity index (χ0n) is 18.8. The summed E-state index contributed by atoms with van der Waals surface area (Å²) in [4.78, 5) is 5.21. The van der Waals surface area contributed by atoms with Crippen molar-refractivity contribution in [3.63, 3.8) is 0 Å². The molecule has 5 nitrogen and oxygen atoms in total. The number of hydrogen-bond donors (Lipinski definition) is 1. The van der Waals surface area contributed by atoms with Gasteiger partial charge in [-0.2, -0.15) is 8.42 Å². The van der Waals surface area contributed by atoms with Gasteiger partial charge in [0.05, 0.1) is 0 Å². The average Bonchev–Trinajstić information content (AvgIpc) is 2.75. The van der Waals surface area contributed by atoms with Crippen molar-refractivity contribution in [2.75, 3.05) is 0 Å². The van der Waals surface area contributed by atoms with E-state index in [1.165, 1.54) is 63.9 Å². The lowest BCUT2D eigenvalue weighted by Gasteiger charge is -2.15. The van der Waals surface area contributed by atoms with E-state index in [0.717, 1.165) is 24.0 Å². The van der Waals surface area contributed by atoms with E-state index < -0.39 is 10.1 Å². The quantitative estimate of drug-likeness (QED) is 0.179. The molecule has 0 atom stereocenters. The number of hydrogen-bond acceptors (Lipinski definition) is 4. The first kappa shape index (κ1) is 25.3. The van der Waals surface area contributed by atoms with Gasteiger partial charge in [0.1, 0.15) is 17.2 Å². The number of allylic oxidation sites excluding steroid dienone is 4. The zero-order valence-corrected chi connectivity index (χ0v) is 19.6. The Bertz CT molecular complexity index is 842. The maximum atomic E-state index is 11.7. The molecule has 1 N–H and O–H groups in total. The van der Waals surface area contributed by atoms with E-state index in [4.69, 9.17) is 4.84 Å². The topological polar surface area (TPSA) is 76.0 Å². The number of benzene rings is 1. The molecule has 0 fully saturated rings. The number of oxime groups is 1. The highest BCUT2D eigenvalue weighted by Crippen LogP contribution is 2.24. The molecule has 2 rings (SSSR count). The van der Waals surface area contributed by atoms with Crippen molar-refractivity contribution in [3.05, 3.63) is 58.5 Å². The molecule has 0 saturated carbocycles. The van der Waals surface area contributed by atoms with Crippen LogP contribution in [0.1, 0.15) is 89.5 Å². The Kier molecular flexibility index (Phi) is 11.6. The summed E-state index contributed by atoms with van der Waals surface area (Å²) in [6, 6.07) is 9.56. The van der Waals surface area contributed by atoms with E-state index in [1.54, 1.807) is 6.08 Å². The molecule has 0 unspecified atom stereocenters. The second-order valence-corrected chi connectivity index (χ2v) is 9.63. The summed E-state index contributed by atoms with van der Waals surface area (Å²) in [7, 11) is -4.33. The van der Waals surface area contributed by atoms with Crippen LogP contribution in [0.15, 0.2) is 58.1 Å². The van der Waals surface area contributed by atoms with Gasteiger partial charge in [0.15, 0.2) is 0 Å². The lowest BCUT2D eigenvalue weighted by Crippen LogP contribution is -2.17. The van der Waals surface area contributed by atoms with Gasteiger partial charge in [-0.3, -0.25) is 4.55 Å². The molecule has 0 heterocycles. The first-order valence-corrected chi connectivity index (χ1v) is 13.0. The maximum Gasteiger partial charge on any atom is 0.296 e. The Labute approximate surface area is 188 Å². The van der Waals surface area contributed by atoms with Crippen LogP contribution in [0.5, 0.6) is 0 Å². The van der Waals surface area contributed by atoms with E-state index in [-0.39, 0.29) is 17.2 Å². The van der Waals surface area contributed by atoms with Crippen LogP contribution in [0.4, 0.5) is 0 Å². The Balaban J connectivity index is 1.76. The van der Waals surface area contributed by atoms with Crippen molar-refractivity contribution < 1.29 is 17.8 Å². The van der Waals surface area contributed by atoms with Gasteiger partial charge in [0, 0.05) is 6.42 Å². The molecular weight excluding hydrogens is 410 g/mol. The third-order valence-electron chi connectivity index (χ3n) is 5.53. The van der Waals surface area contributed by atoms with E-state index >= 15 is 0 Å². The van der Waals surface area contributed by atoms with E-state index in [1.807, 2.05) is 30.3 Å². The van der Waals surface area contributed by atoms with Gasteiger partial charge in [-0.05, 0) is 24.5 Å². The monoisotopic (exact) mass is 447 g/mol. The fourth-order valence-corrected chi connectivity index (χ4v) is 4.38. The number of nitrogens with zero attached hydrogens (tertiary/aromatic N) is 1. The highest BCUT2D eigenvalue weighted by atomic mass is 32.2. The molecule has 31 heavy (non-hydrogen) atoms. The Morgan fingerprint density at radius 2 is 1.52 bits per heavy atom. The van der Waals surface area contributed by atoms with Crippen LogP contribution in [0.25, 0.3) is 0 Å². The van der Waals surface area contributed by atoms with Crippen molar-refractivity contribution in [1.29, 1.82) is 0 Å². The van der Waals surface area contributed by atoms with Gasteiger partial charge in [-0.15, -0.1) is 0 Å². The Morgan fingerprint density at radius 3 is 2.13 bits per heavy atom. The fraction of sp³-hybridized carbons (Fsp3) is 0.560. The molecule has 0 amide bonds. The van der Waals surface area contributed by atoms with Crippen LogP contribution in [0, 0.1) is 0 Å². The number of unbranched alkanes of at least 4 members (excludes halogenated alkanes) is 9. The highest BCUT2D eigenvalue weighted by molar-refractivity contribution is 7.90. The van der Waals surface area contributed by atoms with Crippen LogP contribution in [-0.4, -0.2) is 18.7 Å². The molecule has 172 valence electrons. The molecule has 1 aromatic carbocycles. The van der Waals surface area contributed by atoms with Crippen molar-refractivity contribution in [3.8, 4) is 0 Å². The minimum absolute atomic E-state index is 0.174. The third-order valence-corrected chi connectivity index (χ3v) is 6.45. The Hall–Kier alpha value is -1.92.